The Balaban J connectivity index is 0.00000196. The fourth-order valence-electron chi connectivity index (χ4n) is 3.42. The molecule has 10 heteroatoms. The molecule has 1 aliphatic carbocycles. The summed E-state index contributed by atoms with van der Waals surface area (Å²) in [6.45, 7) is 4.43. The minimum absolute atomic E-state index is 0. The first-order valence-corrected chi connectivity index (χ1v) is 10.8. The molecule has 0 aromatic heterocycles. The van der Waals surface area contributed by atoms with Crippen LogP contribution in [-0.2, 0) is 14.8 Å². The number of hydrogen-bond acceptors (Lipinski definition) is 5. The zero-order chi connectivity index (χ0) is 18.7. The van der Waals surface area contributed by atoms with Crippen molar-refractivity contribution in [3.05, 3.63) is 29.8 Å². The van der Waals surface area contributed by atoms with Crippen LogP contribution in [0.5, 0.6) is 0 Å². The summed E-state index contributed by atoms with van der Waals surface area (Å²) in [5, 5.41) is 2.78. The molecule has 0 spiro atoms. The van der Waals surface area contributed by atoms with E-state index in [2.05, 4.69) is 16.3 Å². The third-order valence-electron chi connectivity index (χ3n) is 5.10. The van der Waals surface area contributed by atoms with Crippen molar-refractivity contribution in [2.24, 2.45) is 11.7 Å². The first-order chi connectivity index (χ1) is 12.4. The van der Waals surface area contributed by atoms with Crippen LogP contribution < -0.4 is 16.0 Å². The maximum absolute atomic E-state index is 12.6. The predicted octanol–water partition coefficient (Wildman–Crippen LogP) is 1.14. The lowest BCUT2D eigenvalue weighted by Crippen LogP contribution is -2.51. The van der Waals surface area contributed by atoms with Gasteiger partial charge in [-0.3, -0.25) is 4.79 Å². The van der Waals surface area contributed by atoms with Crippen LogP contribution in [0.2, 0.25) is 0 Å². The van der Waals surface area contributed by atoms with E-state index in [1.54, 1.807) is 0 Å². The second-order valence-electron chi connectivity index (χ2n) is 7.23. The van der Waals surface area contributed by atoms with Crippen molar-refractivity contribution in [3.63, 3.8) is 0 Å². The molecule has 0 bridgehead atoms. The number of carbonyl (C=O) groups excluding carboxylic acids is 1. The number of amides is 1. The number of rotatable bonds is 7. The zero-order valence-corrected chi connectivity index (χ0v) is 18.5. The van der Waals surface area contributed by atoms with Crippen LogP contribution in [0, 0.1) is 12.8 Å². The Labute approximate surface area is 179 Å². The third-order valence-corrected chi connectivity index (χ3v) is 6.88. The quantitative estimate of drug-likeness (QED) is 0.646. The predicted molar refractivity (Wildman–Crippen MR) is 117 cm³/mol. The number of nitrogens with two attached hydrogens (primary N) is 1. The van der Waals surface area contributed by atoms with Crippen LogP contribution in [0.1, 0.15) is 18.4 Å². The molecule has 0 radical (unpaired) electrons. The number of aryl methyl sites for hydroxylation is 1. The highest BCUT2D eigenvalue weighted by Crippen LogP contribution is 2.32. The molecule has 7 nitrogen and oxygen atoms in total. The summed E-state index contributed by atoms with van der Waals surface area (Å²) in [5.41, 5.74) is 7.96. The van der Waals surface area contributed by atoms with Crippen molar-refractivity contribution in [3.8, 4) is 0 Å². The van der Waals surface area contributed by atoms with E-state index in [1.165, 1.54) is 9.87 Å². The third kappa shape index (κ3) is 6.49. The van der Waals surface area contributed by atoms with Gasteiger partial charge in [-0.15, -0.1) is 24.8 Å². The number of nitrogens with one attached hydrogen (secondary N) is 1. The summed E-state index contributed by atoms with van der Waals surface area (Å²) in [6, 6.07) is 8.08. The van der Waals surface area contributed by atoms with E-state index >= 15 is 0 Å². The van der Waals surface area contributed by atoms with E-state index in [-0.39, 0.29) is 30.9 Å². The summed E-state index contributed by atoms with van der Waals surface area (Å²) in [4.78, 5) is 14.3. The molecule has 1 saturated carbocycles. The molecule has 1 amide bonds. The SMILES string of the molecule is Cc1cccc(N2CCN(S(=O)(=O)CC(=O)NC(CN)C3CC3)CC2)c1.Cl.Cl. The fraction of sp³-hybridized carbons (Fsp3) is 0.611. The Hall–Kier alpha value is -1.06. The van der Waals surface area contributed by atoms with Crippen LogP contribution in [0.4, 0.5) is 5.69 Å². The standard InChI is InChI=1S/C18H28N4O3S.2ClH/c1-14-3-2-4-16(11-14)21-7-9-22(10-8-21)26(24,25)13-18(23)20-17(12-19)15-5-6-15;;/h2-4,11,15,17H,5-10,12-13,19H2,1H3,(H,20,23);2*1H. The van der Waals surface area contributed by atoms with Gasteiger partial charge in [-0.25, -0.2) is 8.42 Å². The van der Waals surface area contributed by atoms with Gasteiger partial charge in [0.15, 0.2) is 0 Å². The molecule has 1 saturated heterocycles. The van der Waals surface area contributed by atoms with Crippen LogP contribution in [0.25, 0.3) is 0 Å². The van der Waals surface area contributed by atoms with Gasteiger partial charge in [0.25, 0.3) is 0 Å². The number of nitrogens with zero attached hydrogens (tertiary/aromatic N) is 2. The molecule has 28 heavy (non-hydrogen) atoms. The molecule has 1 unspecified atom stereocenters. The van der Waals surface area contributed by atoms with Crippen LogP contribution >= 0.6 is 24.8 Å². The number of benzene rings is 1. The average Bonchev–Trinajstić information content (AvgIpc) is 3.44. The highest BCUT2D eigenvalue weighted by atomic mass is 35.5. The maximum Gasteiger partial charge on any atom is 0.236 e. The van der Waals surface area contributed by atoms with Gasteiger partial charge in [-0.05, 0) is 43.4 Å². The Morgan fingerprint density at radius 2 is 1.86 bits per heavy atom. The minimum atomic E-state index is -3.60. The highest BCUT2D eigenvalue weighted by molar-refractivity contribution is 7.89. The monoisotopic (exact) mass is 452 g/mol. The Kier molecular flexibility index (Phi) is 9.49. The van der Waals surface area contributed by atoms with Crippen LogP contribution in [0.3, 0.4) is 0 Å². The Morgan fingerprint density at radius 1 is 1.21 bits per heavy atom. The summed E-state index contributed by atoms with van der Waals surface area (Å²) >= 11 is 0. The number of halogens is 2. The van der Waals surface area contributed by atoms with Crippen LogP contribution in [0.15, 0.2) is 24.3 Å². The van der Waals surface area contributed by atoms with Gasteiger partial charge in [-0.1, -0.05) is 12.1 Å². The van der Waals surface area contributed by atoms with Gasteiger partial charge in [0.05, 0.1) is 0 Å². The van der Waals surface area contributed by atoms with E-state index in [0.29, 0.717) is 38.6 Å². The lowest BCUT2D eigenvalue weighted by Gasteiger charge is -2.35. The van der Waals surface area contributed by atoms with Crippen molar-refractivity contribution < 1.29 is 13.2 Å². The molecule has 1 atom stereocenters. The summed E-state index contributed by atoms with van der Waals surface area (Å²) in [5.74, 6) is -0.543. The Bertz CT molecular complexity index is 751. The van der Waals surface area contributed by atoms with Crippen molar-refractivity contribution in [1.29, 1.82) is 0 Å². The lowest BCUT2D eigenvalue weighted by atomic mass is 10.2. The second kappa shape index (κ2) is 10.6. The number of hydrogen-bond donors (Lipinski definition) is 2. The molecule has 2 aliphatic rings. The smallest absolute Gasteiger partial charge is 0.236 e. The molecule has 1 aliphatic heterocycles. The van der Waals surface area contributed by atoms with Gasteiger partial charge in [0, 0.05) is 44.5 Å². The largest absolute Gasteiger partial charge is 0.369 e. The second-order valence-corrected chi connectivity index (χ2v) is 9.20. The Morgan fingerprint density at radius 3 is 2.39 bits per heavy atom. The summed E-state index contributed by atoms with van der Waals surface area (Å²) in [7, 11) is -3.60. The molecule has 3 N–H and O–H groups in total. The maximum atomic E-state index is 12.6. The topological polar surface area (TPSA) is 95.7 Å². The molecule has 160 valence electrons. The lowest BCUT2D eigenvalue weighted by molar-refractivity contribution is -0.119. The van der Waals surface area contributed by atoms with E-state index in [9.17, 15) is 13.2 Å². The van der Waals surface area contributed by atoms with E-state index in [4.69, 9.17) is 5.73 Å². The highest BCUT2D eigenvalue weighted by Gasteiger charge is 2.33. The fourth-order valence-corrected chi connectivity index (χ4v) is 4.74. The van der Waals surface area contributed by atoms with Crippen molar-refractivity contribution >= 4 is 46.4 Å². The molecule has 1 heterocycles. The van der Waals surface area contributed by atoms with Gasteiger partial charge in [0.2, 0.25) is 15.9 Å². The number of sulfonamides is 1. The first-order valence-electron chi connectivity index (χ1n) is 9.18. The molecule has 3 rings (SSSR count). The van der Waals surface area contributed by atoms with Gasteiger partial charge < -0.3 is 16.0 Å². The molecular formula is C18H30Cl2N4O3S. The molecule has 1 aromatic carbocycles. The van der Waals surface area contributed by atoms with Gasteiger partial charge >= 0.3 is 0 Å². The van der Waals surface area contributed by atoms with Crippen molar-refractivity contribution in [2.75, 3.05) is 43.4 Å². The zero-order valence-electron chi connectivity index (χ0n) is 16.0. The van der Waals surface area contributed by atoms with E-state index in [1.807, 2.05) is 25.1 Å². The van der Waals surface area contributed by atoms with Crippen molar-refractivity contribution in [1.82, 2.24) is 9.62 Å². The number of carbonyl (C=O) groups is 1. The number of piperazine rings is 1. The molecule has 1 aromatic rings. The normalized spacial score (nSPS) is 18.6. The number of anilines is 1. The van der Waals surface area contributed by atoms with Gasteiger partial charge in [0.1, 0.15) is 5.75 Å². The summed E-state index contributed by atoms with van der Waals surface area (Å²) < 4.78 is 26.6. The molecular weight excluding hydrogens is 423 g/mol. The van der Waals surface area contributed by atoms with Crippen molar-refractivity contribution in [2.45, 2.75) is 25.8 Å². The van der Waals surface area contributed by atoms with Crippen LogP contribution in [-0.4, -0.2) is 63.1 Å². The summed E-state index contributed by atoms with van der Waals surface area (Å²) in [6.07, 6.45) is 2.10. The first kappa shape index (κ1) is 25.0. The van der Waals surface area contributed by atoms with E-state index < -0.39 is 21.7 Å². The van der Waals surface area contributed by atoms with E-state index in [0.717, 1.165) is 18.5 Å². The van der Waals surface area contributed by atoms with Gasteiger partial charge in [-0.2, -0.15) is 4.31 Å². The molecule has 2 fully saturated rings. The average molecular weight is 453 g/mol. The minimum Gasteiger partial charge on any atom is -0.369 e.